The van der Waals surface area contributed by atoms with Gasteiger partial charge in [0, 0.05) is 50.9 Å². The Morgan fingerprint density at radius 3 is 2.23 bits per heavy atom. The van der Waals surface area contributed by atoms with Gasteiger partial charge in [-0.15, -0.1) is 0 Å². The molecule has 6 rings (SSSR count). The molecule has 0 aromatic heterocycles. The average Bonchev–Trinajstić information content (AvgIpc) is 3.27. The van der Waals surface area contributed by atoms with Gasteiger partial charge in [0.2, 0.25) is 0 Å². The zero-order valence-corrected chi connectivity index (χ0v) is 28.2. The van der Waals surface area contributed by atoms with Crippen molar-refractivity contribution in [3.63, 3.8) is 0 Å². The van der Waals surface area contributed by atoms with Gasteiger partial charge in [0.25, 0.3) is 12.4 Å². The fourth-order valence-corrected chi connectivity index (χ4v) is 8.19. The summed E-state index contributed by atoms with van der Waals surface area (Å²) in [6, 6.07) is 11.6. The molecule has 0 radical (unpaired) electrons. The van der Waals surface area contributed by atoms with E-state index in [4.69, 9.17) is 9.47 Å². The van der Waals surface area contributed by atoms with Gasteiger partial charge in [-0.05, 0) is 112 Å². The maximum absolute atomic E-state index is 14.1. The van der Waals surface area contributed by atoms with Crippen LogP contribution in [0.15, 0.2) is 36.4 Å². The number of likely N-dealkylation sites (tertiary alicyclic amines) is 2. The van der Waals surface area contributed by atoms with Crippen molar-refractivity contribution in [1.82, 2.24) is 20.0 Å². The monoisotopic (exact) mass is 659 g/mol. The number of hydrogen-bond acceptors (Lipinski definition) is 7. The van der Waals surface area contributed by atoms with Crippen LogP contribution in [0.4, 0.5) is 15.3 Å². The van der Waals surface area contributed by atoms with E-state index < -0.39 is 12.2 Å². The SMILES string of the molecule is Cc1cc(C[C@@H](OC(=O)N2CCC(N3CCc4ccccc4NC3=O)CC2)C(=O)N2CCC(C3CCNCC3)CC2)cc(C)c1OC=O. The molecule has 2 aromatic carbocycles. The fraction of sp³-hybridized carbons (Fsp3) is 0.568. The normalized spacial score (nSPS) is 20.4. The summed E-state index contributed by atoms with van der Waals surface area (Å²) in [5.41, 5.74) is 4.37. The van der Waals surface area contributed by atoms with E-state index >= 15 is 0 Å². The highest BCUT2D eigenvalue weighted by Crippen LogP contribution is 2.32. The minimum absolute atomic E-state index is 0.0140. The first-order valence-corrected chi connectivity index (χ1v) is 17.6. The van der Waals surface area contributed by atoms with E-state index in [1.165, 1.54) is 12.8 Å². The van der Waals surface area contributed by atoms with Crippen LogP contribution in [0, 0.1) is 25.7 Å². The van der Waals surface area contributed by atoms with Crippen LogP contribution in [-0.2, 0) is 27.2 Å². The molecule has 4 amide bonds. The van der Waals surface area contributed by atoms with Crippen LogP contribution in [-0.4, -0.2) is 97.2 Å². The van der Waals surface area contributed by atoms with Gasteiger partial charge in [0.15, 0.2) is 6.10 Å². The number of urea groups is 1. The molecule has 0 saturated carbocycles. The lowest BCUT2D eigenvalue weighted by atomic mass is 9.79. The summed E-state index contributed by atoms with van der Waals surface area (Å²) < 4.78 is 11.3. The third-order valence-corrected chi connectivity index (χ3v) is 10.8. The number of nitrogens with one attached hydrogen (secondary N) is 2. The van der Waals surface area contributed by atoms with E-state index in [0.717, 1.165) is 60.3 Å². The molecule has 4 aliphatic rings. The standard InChI is InChI=1S/C37H49N5O6/c1-25-21-27(22-26(2)34(25)47-24-43)23-33(35(44)40-16-9-29(10-17-40)28-7-14-38-15-8-28)48-37(46)41-18-12-31(13-19-41)42-20-11-30-5-3-4-6-32(30)39-36(42)45/h3-6,21-22,24,28-29,31,33,38H,7-20,23H2,1-2H3,(H,39,45)/t33-/m1/s1. The van der Waals surface area contributed by atoms with Crippen molar-refractivity contribution in [2.75, 3.05) is 51.1 Å². The van der Waals surface area contributed by atoms with Crippen molar-refractivity contribution in [1.29, 1.82) is 0 Å². The molecule has 2 N–H and O–H groups in total. The summed E-state index contributed by atoms with van der Waals surface area (Å²) in [6.07, 6.45) is 5.12. The third-order valence-electron chi connectivity index (χ3n) is 10.8. The Balaban J connectivity index is 1.10. The largest absolute Gasteiger partial charge is 0.436 e. The first-order chi connectivity index (χ1) is 23.3. The lowest BCUT2D eigenvalue weighted by molar-refractivity contribution is -0.142. The van der Waals surface area contributed by atoms with E-state index in [-0.39, 0.29) is 24.4 Å². The lowest BCUT2D eigenvalue weighted by Crippen LogP contribution is -2.52. The van der Waals surface area contributed by atoms with E-state index in [2.05, 4.69) is 10.6 Å². The van der Waals surface area contributed by atoms with Crippen molar-refractivity contribution < 1.29 is 28.7 Å². The Bertz CT molecular complexity index is 1450. The quantitative estimate of drug-likeness (QED) is 0.395. The molecule has 0 spiro atoms. The number of amides is 4. The molecule has 0 bridgehead atoms. The highest BCUT2D eigenvalue weighted by Gasteiger charge is 2.36. The predicted molar refractivity (Wildman–Crippen MR) is 182 cm³/mol. The van der Waals surface area contributed by atoms with Gasteiger partial charge in [-0.3, -0.25) is 9.59 Å². The van der Waals surface area contributed by atoms with Gasteiger partial charge in [0.1, 0.15) is 5.75 Å². The second-order valence-electron chi connectivity index (χ2n) is 13.8. The first kappa shape index (κ1) is 33.8. The Morgan fingerprint density at radius 1 is 0.896 bits per heavy atom. The Labute approximate surface area is 283 Å². The number of hydrogen-bond donors (Lipinski definition) is 2. The van der Waals surface area contributed by atoms with Gasteiger partial charge in [-0.2, -0.15) is 0 Å². The van der Waals surface area contributed by atoms with Gasteiger partial charge < -0.3 is 34.8 Å². The second kappa shape index (κ2) is 15.4. The van der Waals surface area contributed by atoms with Gasteiger partial charge in [-0.1, -0.05) is 30.3 Å². The number of para-hydroxylation sites is 1. The van der Waals surface area contributed by atoms with Crippen LogP contribution >= 0.6 is 0 Å². The summed E-state index contributed by atoms with van der Waals surface area (Å²) >= 11 is 0. The highest BCUT2D eigenvalue weighted by atomic mass is 16.6. The van der Waals surface area contributed by atoms with Crippen LogP contribution < -0.4 is 15.4 Å². The number of carbonyl (C=O) groups excluding carboxylic acids is 4. The van der Waals surface area contributed by atoms with Crippen molar-refractivity contribution in [3.8, 4) is 5.75 Å². The number of piperidine rings is 3. The molecule has 4 heterocycles. The molecule has 11 heteroatoms. The molecular formula is C37H49N5O6. The number of nitrogens with zero attached hydrogens (tertiary/aromatic N) is 3. The fourth-order valence-electron chi connectivity index (χ4n) is 8.19. The minimum atomic E-state index is -0.975. The number of carbonyl (C=O) groups is 4. The van der Waals surface area contributed by atoms with Crippen LogP contribution in [0.5, 0.6) is 5.75 Å². The summed E-state index contributed by atoms with van der Waals surface area (Å²) in [5.74, 6) is 1.66. The highest BCUT2D eigenvalue weighted by molar-refractivity contribution is 5.91. The number of ether oxygens (including phenoxy) is 2. The molecular weight excluding hydrogens is 610 g/mol. The maximum Gasteiger partial charge on any atom is 0.410 e. The van der Waals surface area contributed by atoms with Crippen molar-refractivity contribution in [3.05, 3.63) is 58.7 Å². The molecule has 3 saturated heterocycles. The Morgan fingerprint density at radius 2 is 1.54 bits per heavy atom. The lowest BCUT2D eigenvalue weighted by Gasteiger charge is -2.39. The van der Waals surface area contributed by atoms with Crippen LogP contribution in [0.25, 0.3) is 0 Å². The molecule has 48 heavy (non-hydrogen) atoms. The molecule has 0 unspecified atom stereocenters. The smallest absolute Gasteiger partial charge is 0.410 e. The minimum Gasteiger partial charge on any atom is -0.436 e. The van der Waals surface area contributed by atoms with E-state index in [1.54, 1.807) is 4.90 Å². The van der Waals surface area contributed by atoms with Crippen molar-refractivity contribution in [2.24, 2.45) is 11.8 Å². The topological polar surface area (TPSA) is 121 Å². The predicted octanol–water partition coefficient (Wildman–Crippen LogP) is 4.68. The molecule has 4 aliphatic heterocycles. The molecule has 3 fully saturated rings. The molecule has 0 aliphatic carbocycles. The summed E-state index contributed by atoms with van der Waals surface area (Å²) in [5, 5.41) is 6.50. The summed E-state index contributed by atoms with van der Waals surface area (Å²) in [7, 11) is 0. The van der Waals surface area contributed by atoms with E-state index in [1.807, 2.05) is 60.0 Å². The van der Waals surface area contributed by atoms with E-state index in [9.17, 15) is 19.2 Å². The van der Waals surface area contributed by atoms with Crippen LogP contribution in [0.3, 0.4) is 0 Å². The summed E-state index contributed by atoms with van der Waals surface area (Å²) in [6.45, 7) is 9.10. The zero-order chi connectivity index (χ0) is 33.6. The van der Waals surface area contributed by atoms with Crippen molar-refractivity contribution >= 4 is 30.2 Å². The third kappa shape index (κ3) is 7.77. The van der Waals surface area contributed by atoms with Crippen LogP contribution in [0.1, 0.15) is 60.8 Å². The molecule has 1 atom stereocenters. The average molecular weight is 660 g/mol. The van der Waals surface area contributed by atoms with E-state index in [0.29, 0.717) is 69.6 Å². The Hall–Kier alpha value is -4.12. The molecule has 2 aromatic rings. The maximum atomic E-state index is 14.1. The van der Waals surface area contributed by atoms with Crippen molar-refractivity contribution in [2.45, 2.75) is 77.4 Å². The molecule has 258 valence electrons. The van der Waals surface area contributed by atoms with Gasteiger partial charge in [-0.25, -0.2) is 9.59 Å². The number of aryl methyl sites for hydroxylation is 2. The number of rotatable bonds is 8. The second-order valence-corrected chi connectivity index (χ2v) is 13.8. The number of anilines is 1. The number of fused-ring (bicyclic) bond motifs is 1. The first-order valence-electron chi connectivity index (χ1n) is 17.6. The Kier molecular flexibility index (Phi) is 10.8. The van der Waals surface area contributed by atoms with Gasteiger partial charge in [0.05, 0.1) is 0 Å². The number of benzene rings is 2. The molecule has 11 nitrogen and oxygen atoms in total. The summed E-state index contributed by atoms with van der Waals surface area (Å²) in [4.78, 5) is 57.3. The zero-order valence-electron chi connectivity index (χ0n) is 28.2. The van der Waals surface area contributed by atoms with Gasteiger partial charge >= 0.3 is 12.1 Å². The van der Waals surface area contributed by atoms with Crippen LogP contribution in [0.2, 0.25) is 0 Å².